The van der Waals surface area contributed by atoms with Crippen LogP contribution in [-0.2, 0) is 30.4 Å². The molecule has 1 heterocycles. The van der Waals surface area contributed by atoms with Crippen LogP contribution in [-0.4, -0.2) is 80.6 Å². The zero-order valence-corrected chi connectivity index (χ0v) is 20.3. The first-order valence-electron chi connectivity index (χ1n) is 11.8. The highest BCUT2D eigenvalue weighted by Crippen LogP contribution is 2.20. The summed E-state index contributed by atoms with van der Waals surface area (Å²) in [5.74, 6) is -4.65. The van der Waals surface area contributed by atoms with E-state index in [0.29, 0.717) is 12.0 Å². The zero-order valence-electron chi connectivity index (χ0n) is 20.3. The maximum Gasteiger partial charge on any atom is 0.326 e. The van der Waals surface area contributed by atoms with E-state index < -0.39 is 66.2 Å². The van der Waals surface area contributed by atoms with E-state index in [1.54, 1.807) is 26.0 Å². The van der Waals surface area contributed by atoms with Gasteiger partial charge in [-0.1, -0.05) is 26.0 Å². The predicted octanol–water partition coefficient (Wildman–Crippen LogP) is -0.172. The number of nitrogens with two attached hydrogens (primary N) is 1. The lowest BCUT2D eigenvalue weighted by atomic mass is 10.00. The van der Waals surface area contributed by atoms with Crippen LogP contribution in [0.15, 0.2) is 24.3 Å². The van der Waals surface area contributed by atoms with Crippen LogP contribution in [0.25, 0.3) is 0 Å². The maximum absolute atomic E-state index is 13.1. The number of aliphatic carboxylic acids is 2. The number of carboxylic acids is 2. The van der Waals surface area contributed by atoms with Gasteiger partial charge in [0.15, 0.2) is 0 Å². The summed E-state index contributed by atoms with van der Waals surface area (Å²) in [7, 11) is 0. The van der Waals surface area contributed by atoms with Crippen LogP contribution in [0.3, 0.4) is 0 Å². The van der Waals surface area contributed by atoms with Gasteiger partial charge in [-0.05, 0) is 49.3 Å². The summed E-state index contributed by atoms with van der Waals surface area (Å²) in [6.45, 7) is 3.56. The zero-order chi connectivity index (χ0) is 27.0. The Bertz CT molecular complexity index is 965. The fraction of sp³-hybridized carbons (Fsp3) is 0.542. The molecule has 1 aliphatic rings. The van der Waals surface area contributed by atoms with E-state index in [1.165, 1.54) is 12.1 Å². The fourth-order valence-electron chi connectivity index (χ4n) is 4.05. The number of benzene rings is 1. The smallest absolute Gasteiger partial charge is 0.326 e. The number of nitrogens with one attached hydrogen (secondary N) is 2. The molecule has 7 N–H and O–H groups in total. The topological polar surface area (TPSA) is 199 Å². The van der Waals surface area contributed by atoms with E-state index in [-0.39, 0.29) is 31.6 Å². The normalized spacial score (nSPS) is 17.8. The molecule has 4 unspecified atom stereocenters. The monoisotopic (exact) mass is 506 g/mol. The van der Waals surface area contributed by atoms with E-state index in [9.17, 15) is 34.2 Å². The van der Waals surface area contributed by atoms with E-state index >= 15 is 0 Å². The Morgan fingerprint density at radius 3 is 2.25 bits per heavy atom. The highest BCUT2D eigenvalue weighted by Gasteiger charge is 2.38. The summed E-state index contributed by atoms with van der Waals surface area (Å²) in [4.78, 5) is 62.7. The second-order valence-corrected chi connectivity index (χ2v) is 9.23. The van der Waals surface area contributed by atoms with Gasteiger partial charge in [0.2, 0.25) is 17.7 Å². The molecule has 0 spiro atoms. The molecule has 0 radical (unpaired) electrons. The number of hydrogen-bond donors (Lipinski definition) is 6. The summed E-state index contributed by atoms with van der Waals surface area (Å²) in [5.41, 5.74) is 6.71. The summed E-state index contributed by atoms with van der Waals surface area (Å²) in [6, 6.07) is 1.80. The number of amides is 3. The average molecular weight is 507 g/mol. The number of carboxylic acid groups (broad SMARTS) is 2. The van der Waals surface area contributed by atoms with E-state index in [1.807, 2.05) is 0 Å². The molecular weight excluding hydrogens is 472 g/mol. The third-order valence-corrected chi connectivity index (χ3v) is 6.06. The number of carbonyl (C=O) groups is 5. The number of phenolic OH excluding ortho intramolecular Hbond substituents is 1. The van der Waals surface area contributed by atoms with Gasteiger partial charge in [0, 0.05) is 13.0 Å². The second-order valence-electron chi connectivity index (χ2n) is 9.23. The van der Waals surface area contributed by atoms with Gasteiger partial charge in [-0.25, -0.2) is 4.79 Å². The molecule has 36 heavy (non-hydrogen) atoms. The van der Waals surface area contributed by atoms with Gasteiger partial charge in [-0.15, -0.1) is 0 Å². The van der Waals surface area contributed by atoms with Crippen LogP contribution in [0.4, 0.5) is 0 Å². The van der Waals surface area contributed by atoms with Crippen molar-refractivity contribution in [2.24, 2.45) is 11.7 Å². The van der Waals surface area contributed by atoms with Gasteiger partial charge in [0.05, 0.1) is 6.04 Å². The summed E-state index contributed by atoms with van der Waals surface area (Å²) in [5, 5.41) is 33.0. The second kappa shape index (κ2) is 12.9. The molecule has 0 saturated carbocycles. The highest BCUT2D eigenvalue weighted by atomic mass is 16.4. The maximum atomic E-state index is 13.1. The van der Waals surface area contributed by atoms with Gasteiger partial charge < -0.3 is 36.6 Å². The Kier molecular flexibility index (Phi) is 10.2. The number of nitrogens with zero attached hydrogens (tertiary/aromatic N) is 1. The molecule has 2 rings (SSSR count). The Hall–Kier alpha value is -3.67. The lowest BCUT2D eigenvalue weighted by Gasteiger charge is -2.29. The molecule has 12 nitrogen and oxygen atoms in total. The van der Waals surface area contributed by atoms with Crippen LogP contribution in [0.2, 0.25) is 0 Å². The Morgan fingerprint density at radius 2 is 1.69 bits per heavy atom. The largest absolute Gasteiger partial charge is 0.508 e. The van der Waals surface area contributed by atoms with Crippen LogP contribution in [0, 0.1) is 5.92 Å². The molecular formula is C24H34N4O8. The minimum Gasteiger partial charge on any atom is -0.508 e. The van der Waals surface area contributed by atoms with Crippen molar-refractivity contribution in [2.45, 2.75) is 70.1 Å². The molecule has 4 atom stereocenters. The highest BCUT2D eigenvalue weighted by molar-refractivity contribution is 5.94. The third-order valence-electron chi connectivity index (χ3n) is 6.06. The first-order chi connectivity index (χ1) is 16.9. The third kappa shape index (κ3) is 7.94. The fourth-order valence-corrected chi connectivity index (χ4v) is 4.05. The van der Waals surface area contributed by atoms with Crippen molar-refractivity contribution < 1.29 is 39.3 Å². The average Bonchev–Trinajstić information content (AvgIpc) is 3.31. The van der Waals surface area contributed by atoms with Crippen LogP contribution in [0.1, 0.15) is 45.1 Å². The lowest BCUT2D eigenvalue weighted by Crippen LogP contribution is -2.58. The first kappa shape index (κ1) is 28.6. The molecule has 0 aliphatic carbocycles. The number of aromatic hydroxyl groups is 1. The summed E-state index contributed by atoms with van der Waals surface area (Å²) < 4.78 is 0. The molecule has 0 bridgehead atoms. The van der Waals surface area contributed by atoms with Crippen molar-refractivity contribution in [1.82, 2.24) is 15.5 Å². The van der Waals surface area contributed by atoms with Crippen LogP contribution in [0.5, 0.6) is 5.75 Å². The SMILES string of the molecule is CC(C)C(NC(=O)C(N)Cc1ccc(O)cc1)C(=O)NC(CCC(=O)O)C(=O)N1CCCC1C(=O)O. The molecule has 3 amide bonds. The Morgan fingerprint density at radius 1 is 1.06 bits per heavy atom. The first-order valence-corrected chi connectivity index (χ1v) is 11.8. The Labute approximate surface area is 208 Å². The van der Waals surface area contributed by atoms with Crippen molar-refractivity contribution in [3.63, 3.8) is 0 Å². The van der Waals surface area contributed by atoms with Gasteiger partial charge in [-0.2, -0.15) is 0 Å². The standard InChI is InChI=1S/C24H34N4O8/c1-13(2)20(27-21(32)16(25)12-14-5-7-15(29)8-6-14)22(33)26-17(9-10-19(30)31)23(34)28-11-3-4-18(28)24(35)36/h5-8,13,16-18,20,29H,3-4,9-12,25H2,1-2H3,(H,26,33)(H,27,32)(H,30,31)(H,35,36). The van der Waals surface area contributed by atoms with Crippen LogP contribution >= 0.6 is 0 Å². The molecule has 1 saturated heterocycles. The summed E-state index contributed by atoms with van der Waals surface area (Å²) in [6.07, 6.45) is 0.250. The molecule has 1 aromatic rings. The number of hydrogen-bond acceptors (Lipinski definition) is 7. The van der Waals surface area contributed by atoms with E-state index in [4.69, 9.17) is 10.8 Å². The number of likely N-dealkylation sites (tertiary alicyclic amines) is 1. The molecule has 1 fully saturated rings. The molecule has 198 valence electrons. The van der Waals surface area contributed by atoms with Crippen molar-refractivity contribution in [3.05, 3.63) is 29.8 Å². The number of carbonyl (C=O) groups excluding carboxylic acids is 3. The van der Waals surface area contributed by atoms with Gasteiger partial charge in [-0.3, -0.25) is 19.2 Å². The van der Waals surface area contributed by atoms with Gasteiger partial charge in [0.25, 0.3) is 0 Å². The van der Waals surface area contributed by atoms with Crippen molar-refractivity contribution >= 4 is 29.7 Å². The van der Waals surface area contributed by atoms with Gasteiger partial charge >= 0.3 is 11.9 Å². The van der Waals surface area contributed by atoms with Crippen LogP contribution < -0.4 is 16.4 Å². The number of phenols is 1. The van der Waals surface area contributed by atoms with Crippen molar-refractivity contribution in [1.29, 1.82) is 0 Å². The van der Waals surface area contributed by atoms with E-state index in [0.717, 1.165) is 4.90 Å². The molecule has 12 heteroatoms. The minimum atomic E-state index is -1.27. The van der Waals surface area contributed by atoms with Gasteiger partial charge in [0.1, 0.15) is 23.9 Å². The number of rotatable bonds is 12. The van der Waals surface area contributed by atoms with Crippen molar-refractivity contribution in [3.8, 4) is 5.75 Å². The molecule has 1 aromatic carbocycles. The Balaban J connectivity index is 2.11. The minimum absolute atomic E-state index is 0.0731. The van der Waals surface area contributed by atoms with Crippen molar-refractivity contribution in [2.75, 3.05) is 6.54 Å². The summed E-state index contributed by atoms with van der Waals surface area (Å²) >= 11 is 0. The molecule has 1 aliphatic heterocycles. The van der Waals surface area contributed by atoms with E-state index in [2.05, 4.69) is 10.6 Å². The lowest BCUT2D eigenvalue weighted by molar-refractivity contribution is -0.150. The predicted molar refractivity (Wildman–Crippen MR) is 128 cm³/mol. The molecule has 0 aromatic heterocycles. The quantitative estimate of drug-likeness (QED) is 0.223.